The molecule has 6 heteroatoms. The number of methoxy groups -OCH3 is 1. The Kier molecular flexibility index (Phi) is 8.52. The van der Waals surface area contributed by atoms with Crippen LogP contribution in [-0.2, 0) is 16.0 Å². The third-order valence-electron chi connectivity index (χ3n) is 4.33. The van der Waals surface area contributed by atoms with Crippen LogP contribution in [0.25, 0.3) is 0 Å². The second-order valence-corrected chi connectivity index (χ2v) is 7.07. The molecule has 0 saturated carbocycles. The van der Waals surface area contributed by atoms with E-state index >= 15 is 0 Å². The third-order valence-corrected chi connectivity index (χ3v) is 4.33. The molecule has 1 N–H and O–H groups in total. The third kappa shape index (κ3) is 7.14. The molecule has 0 bridgehead atoms. The Morgan fingerprint density at radius 2 is 1.76 bits per heavy atom. The van der Waals surface area contributed by atoms with Crippen molar-refractivity contribution in [3.05, 3.63) is 53.6 Å². The second kappa shape index (κ2) is 11.1. The summed E-state index contributed by atoms with van der Waals surface area (Å²) in [6.45, 7) is 6.50. The number of hydrogen-bond acceptors (Lipinski definition) is 5. The molecule has 0 aliphatic heterocycles. The summed E-state index contributed by atoms with van der Waals surface area (Å²) in [4.78, 5) is 24.3. The fourth-order valence-electron chi connectivity index (χ4n) is 2.55. The molecule has 1 amide bonds. The Bertz CT molecular complexity index is 815. The number of esters is 1. The van der Waals surface area contributed by atoms with Crippen molar-refractivity contribution in [3.8, 4) is 11.5 Å². The largest absolute Gasteiger partial charge is 0.493 e. The number of rotatable bonds is 10. The monoisotopic (exact) mass is 399 g/mol. The lowest BCUT2D eigenvalue weighted by atomic mass is 10.1. The molecule has 0 spiro atoms. The minimum absolute atomic E-state index is 0.290. The van der Waals surface area contributed by atoms with Crippen molar-refractivity contribution in [1.29, 1.82) is 0 Å². The molecular weight excluding hydrogens is 370 g/mol. The molecule has 0 aromatic heterocycles. The van der Waals surface area contributed by atoms with Crippen molar-refractivity contribution in [2.24, 2.45) is 5.92 Å². The maximum Gasteiger partial charge on any atom is 0.338 e. The minimum atomic E-state index is -0.603. The van der Waals surface area contributed by atoms with Crippen LogP contribution >= 0.6 is 0 Å². The van der Waals surface area contributed by atoms with Gasteiger partial charge < -0.3 is 19.5 Å². The van der Waals surface area contributed by atoms with Gasteiger partial charge in [0.2, 0.25) is 0 Å². The summed E-state index contributed by atoms with van der Waals surface area (Å²) in [5, 5.41) is 2.70. The van der Waals surface area contributed by atoms with E-state index in [1.165, 1.54) is 12.7 Å². The zero-order valence-electron chi connectivity index (χ0n) is 17.5. The molecule has 0 unspecified atom stereocenters. The maximum atomic E-state index is 12.3. The molecule has 29 heavy (non-hydrogen) atoms. The van der Waals surface area contributed by atoms with Gasteiger partial charge in [-0.25, -0.2) is 4.79 Å². The molecule has 0 atom stereocenters. The number of hydrogen-bond donors (Lipinski definition) is 1. The van der Waals surface area contributed by atoms with E-state index in [9.17, 15) is 9.59 Å². The molecule has 0 heterocycles. The van der Waals surface area contributed by atoms with Gasteiger partial charge >= 0.3 is 5.97 Å². The fraction of sp³-hybridized carbons (Fsp3) is 0.391. The molecule has 0 aliphatic carbocycles. The van der Waals surface area contributed by atoms with Gasteiger partial charge in [0.05, 0.1) is 19.3 Å². The highest BCUT2D eigenvalue weighted by atomic mass is 16.5. The lowest BCUT2D eigenvalue weighted by molar-refractivity contribution is -0.119. The van der Waals surface area contributed by atoms with Gasteiger partial charge in [0.1, 0.15) is 0 Å². The number of carbonyl (C=O) groups excluding carboxylic acids is 2. The summed E-state index contributed by atoms with van der Waals surface area (Å²) >= 11 is 0. The fourth-order valence-corrected chi connectivity index (χ4v) is 2.55. The SMILES string of the molecule is CCc1ccc(NC(=O)COC(=O)c2ccc(OCCC(C)C)c(OC)c2)cc1. The van der Waals surface area contributed by atoms with Gasteiger partial charge in [-0.15, -0.1) is 0 Å². The molecule has 6 nitrogen and oxygen atoms in total. The average Bonchev–Trinajstić information content (AvgIpc) is 2.72. The Hall–Kier alpha value is -3.02. The van der Waals surface area contributed by atoms with Gasteiger partial charge in [-0.1, -0.05) is 32.9 Å². The number of benzene rings is 2. The summed E-state index contributed by atoms with van der Waals surface area (Å²) in [6, 6.07) is 12.3. The summed E-state index contributed by atoms with van der Waals surface area (Å²) in [6.07, 6.45) is 1.85. The Morgan fingerprint density at radius 1 is 1.03 bits per heavy atom. The van der Waals surface area contributed by atoms with Crippen molar-refractivity contribution >= 4 is 17.6 Å². The Balaban J connectivity index is 1.89. The van der Waals surface area contributed by atoms with E-state index in [1.54, 1.807) is 18.2 Å². The maximum absolute atomic E-state index is 12.3. The van der Waals surface area contributed by atoms with E-state index in [2.05, 4.69) is 26.1 Å². The zero-order valence-corrected chi connectivity index (χ0v) is 17.5. The van der Waals surface area contributed by atoms with Crippen LogP contribution in [0.4, 0.5) is 5.69 Å². The molecule has 0 radical (unpaired) electrons. The number of ether oxygens (including phenoxy) is 3. The predicted octanol–water partition coefficient (Wildman–Crippen LogP) is 4.48. The van der Waals surface area contributed by atoms with Crippen molar-refractivity contribution < 1.29 is 23.8 Å². The van der Waals surface area contributed by atoms with Gasteiger partial charge in [0.25, 0.3) is 5.91 Å². The average molecular weight is 399 g/mol. The number of amides is 1. The molecule has 156 valence electrons. The van der Waals surface area contributed by atoms with E-state index in [1.807, 2.05) is 24.3 Å². The van der Waals surface area contributed by atoms with E-state index in [0.29, 0.717) is 29.7 Å². The van der Waals surface area contributed by atoms with Crippen LogP contribution in [0, 0.1) is 5.92 Å². The number of carbonyl (C=O) groups is 2. The van der Waals surface area contributed by atoms with Crippen LogP contribution < -0.4 is 14.8 Å². The number of aryl methyl sites for hydroxylation is 1. The molecule has 2 aromatic carbocycles. The highest BCUT2D eigenvalue weighted by Crippen LogP contribution is 2.28. The first-order valence-corrected chi connectivity index (χ1v) is 9.79. The molecule has 0 aliphatic rings. The Morgan fingerprint density at radius 3 is 2.38 bits per heavy atom. The first-order valence-electron chi connectivity index (χ1n) is 9.79. The number of anilines is 1. The minimum Gasteiger partial charge on any atom is -0.493 e. The first-order chi connectivity index (χ1) is 13.9. The van der Waals surface area contributed by atoms with Crippen molar-refractivity contribution in [2.75, 3.05) is 25.6 Å². The van der Waals surface area contributed by atoms with Gasteiger partial charge in [0.15, 0.2) is 18.1 Å². The van der Waals surface area contributed by atoms with Gasteiger partial charge in [-0.05, 0) is 54.7 Å². The van der Waals surface area contributed by atoms with E-state index in [0.717, 1.165) is 12.8 Å². The summed E-state index contributed by atoms with van der Waals surface area (Å²) in [7, 11) is 1.51. The summed E-state index contributed by atoms with van der Waals surface area (Å²) in [5.41, 5.74) is 2.13. The van der Waals surface area contributed by atoms with E-state index in [4.69, 9.17) is 14.2 Å². The van der Waals surface area contributed by atoms with E-state index in [-0.39, 0.29) is 12.2 Å². The Labute approximate surface area is 172 Å². The quantitative estimate of drug-likeness (QED) is 0.597. The predicted molar refractivity (Wildman–Crippen MR) is 113 cm³/mol. The molecule has 0 saturated heterocycles. The van der Waals surface area contributed by atoms with Crippen LogP contribution in [0.3, 0.4) is 0 Å². The smallest absolute Gasteiger partial charge is 0.338 e. The first kappa shape index (κ1) is 22.3. The van der Waals surface area contributed by atoms with Gasteiger partial charge in [0, 0.05) is 5.69 Å². The van der Waals surface area contributed by atoms with Crippen LogP contribution in [-0.4, -0.2) is 32.2 Å². The van der Waals surface area contributed by atoms with E-state index < -0.39 is 11.9 Å². The molecule has 0 fully saturated rings. The van der Waals surface area contributed by atoms with Crippen LogP contribution in [0.15, 0.2) is 42.5 Å². The molecule has 2 rings (SSSR count). The summed E-state index contributed by atoms with van der Waals surface area (Å²) in [5.74, 6) is 0.546. The van der Waals surface area contributed by atoms with Gasteiger partial charge in [-0.3, -0.25) is 4.79 Å². The van der Waals surface area contributed by atoms with Crippen molar-refractivity contribution in [2.45, 2.75) is 33.6 Å². The second-order valence-electron chi connectivity index (χ2n) is 7.07. The van der Waals surface area contributed by atoms with Crippen LogP contribution in [0.2, 0.25) is 0 Å². The lowest BCUT2D eigenvalue weighted by Gasteiger charge is -2.13. The van der Waals surface area contributed by atoms with Crippen LogP contribution in [0.1, 0.15) is 43.1 Å². The van der Waals surface area contributed by atoms with Crippen molar-refractivity contribution in [3.63, 3.8) is 0 Å². The lowest BCUT2D eigenvalue weighted by Crippen LogP contribution is -2.21. The highest BCUT2D eigenvalue weighted by molar-refractivity contribution is 5.95. The van der Waals surface area contributed by atoms with Crippen molar-refractivity contribution in [1.82, 2.24) is 0 Å². The molecule has 2 aromatic rings. The highest BCUT2D eigenvalue weighted by Gasteiger charge is 2.14. The topological polar surface area (TPSA) is 73.9 Å². The van der Waals surface area contributed by atoms with Gasteiger partial charge in [-0.2, -0.15) is 0 Å². The standard InChI is InChI=1S/C23H29NO5/c1-5-17-6-9-19(10-7-17)24-22(25)15-29-23(26)18-8-11-20(21(14-18)27-4)28-13-12-16(2)3/h6-11,14,16H,5,12-13,15H2,1-4H3,(H,24,25). The molecular formula is C23H29NO5. The normalized spacial score (nSPS) is 10.5. The summed E-state index contributed by atoms with van der Waals surface area (Å²) < 4.78 is 16.1. The van der Waals surface area contributed by atoms with Crippen LogP contribution in [0.5, 0.6) is 11.5 Å². The number of nitrogens with one attached hydrogen (secondary N) is 1. The zero-order chi connectivity index (χ0) is 21.2.